The first-order valence-corrected chi connectivity index (χ1v) is 13.0. The second-order valence-corrected chi connectivity index (χ2v) is 10.6. The zero-order valence-electron chi connectivity index (χ0n) is 20.3. The number of rotatable bonds is 7. The molecule has 2 aromatic carbocycles. The van der Waals surface area contributed by atoms with E-state index in [0.717, 1.165) is 5.56 Å². The van der Waals surface area contributed by atoms with Gasteiger partial charge in [-0.25, -0.2) is 12.8 Å². The van der Waals surface area contributed by atoms with E-state index < -0.39 is 15.8 Å². The largest absolute Gasteiger partial charge is 0.497 e. The highest BCUT2D eigenvalue weighted by molar-refractivity contribution is 7.89. The number of aryl methyl sites for hydroxylation is 2. The van der Waals surface area contributed by atoms with E-state index in [1.807, 2.05) is 12.1 Å². The number of carbonyl (C=O) groups excluding carboxylic acids is 1. The molecule has 1 N–H and O–H groups in total. The molecule has 36 heavy (non-hydrogen) atoms. The zero-order chi connectivity index (χ0) is 25.9. The van der Waals surface area contributed by atoms with Gasteiger partial charge in [0.2, 0.25) is 15.9 Å². The summed E-state index contributed by atoms with van der Waals surface area (Å²) < 4.78 is 52.5. The highest BCUT2D eigenvalue weighted by Gasteiger charge is 2.36. The van der Waals surface area contributed by atoms with Crippen molar-refractivity contribution in [2.45, 2.75) is 31.6 Å². The SMILES string of the molecule is COc1ccc(/C=C\c2onc(C)c2S(=O)(=O)N2CCC(C(=O)Nc3ccc(C)c(F)c3)CC2)cc1. The zero-order valence-corrected chi connectivity index (χ0v) is 21.1. The Kier molecular flexibility index (Phi) is 7.56. The number of benzene rings is 2. The third kappa shape index (κ3) is 5.50. The Morgan fingerprint density at radius 3 is 2.47 bits per heavy atom. The molecule has 10 heteroatoms. The van der Waals surface area contributed by atoms with Crippen LogP contribution in [-0.4, -0.2) is 44.0 Å². The number of nitrogens with one attached hydrogen (secondary N) is 1. The minimum atomic E-state index is -3.89. The van der Waals surface area contributed by atoms with Crippen LogP contribution >= 0.6 is 0 Å². The lowest BCUT2D eigenvalue weighted by Gasteiger charge is -2.30. The number of anilines is 1. The number of hydrogen-bond donors (Lipinski definition) is 1. The van der Waals surface area contributed by atoms with Crippen LogP contribution in [0.3, 0.4) is 0 Å². The normalized spacial score (nSPS) is 15.3. The molecule has 0 atom stereocenters. The van der Waals surface area contributed by atoms with Crippen LogP contribution in [0.1, 0.15) is 35.4 Å². The van der Waals surface area contributed by atoms with Crippen molar-refractivity contribution in [2.24, 2.45) is 5.92 Å². The van der Waals surface area contributed by atoms with Gasteiger partial charge >= 0.3 is 0 Å². The van der Waals surface area contributed by atoms with Crippen molar-refractivity contribution in [1.82, 2.24) is 9.46 Å². The Hall–Kier alpha value is -3.50. The quantitative estimate of drug-likeness (QED) is 0.494. The summed E-state index contributed by atoms with van der Waals surface area (Å²) in [5.74, 6) is -0.160. The van der Waals surface area contributed by atoms with E-state index in [1.54, 1.807) is 57.4 Å². The number of halogens is 1. The maximum absolute atomic E-state index is 13.8. The van der Waals surface area contributed by atoms with Gasteiger partial charge in [0.05, 0.1) is 7.11 Å². The number of aromatic nitrogens is 1. The van der Waals surface area contributed by atoms with Crippen molar-refractivity contribution in [3.63, 3.8) is 0 Å². The minimum absolute atomic E-state index is 0.0188. The first-order valence-electron chi connectivity index (χ1n) is 11.5. The Morgan fingerprint density at radius 1 is 1.14 bits per heavy atom. The van der Waals surface area contributed by atoms with Crippen molar-refractivity contribution in [3.05, 3.63) is 70.9 Å². The van der Waals surface area contributed by atoms with Gasteiger partial charge in [0.25, 0.3) is 0 Å². The van der Waals surface area contributed by atoms with Gasteiger partial charge in [-0.3, -0.25) is 4.79 Å². The topological polar surface area (TPSA) is 102 Å². The van der Waals surface area contributed by atoms with Crippen LogP contribution in [0.2, 0.25) is 0 Å². The summed E-state index contributed by atoms with van der Waals surface area (Å²) in [6.45, 7) is 3.58. The highest BCUT2D eigenvalue weighted by atomic mass is 32.2. The maximum atomic E-state index is 13.8. The molecule has 0 unspecified atom stereocenters. The van der Waals surface area contributed by atoms with Crippen molar-refractivity contribution < 1.29 is 26.9 Å². The van der Waals surface area contributed by atoms with Gasteiger partial charge in [0.1, 0.15) is 17.3 Å². The summed E-state index contributed by atoms with van der Waals surface area (Å²) in [6.07, 6.45) is 4.01. The van der Waals surface area contributed by atoms with Crippen molar-refractivity contribution in [1.29, 1.82) is 0 Å². The summed E-state index contributed by atoms with van der Waals surface area (Å²) in [7, 11) is -2.31. The van der Waals surface area contributed by atoms with Crippen LogP contribution in [-0.2, 0) is 14.8 Å². The van der Waals surface area contributed by atoms with Gasteiger partial charge in [-0.2, -0.15) is 4.31 Å². The molecule has 1 saturated heterocycles. The molecule has 1 fully saturated rings. The fourth-order valence-electron chi connectivity index (χ4n) is 4.09. The predicted octanol–water partition coefficient (Wildman–Crippen LogP) is 4.65. The van der Waals surface area contributed by atoms with E-state index in [4.69, 9.17) is 9.26 Å². The molecule has 8 nitrogen and oxygen atoms in total. The number of piperidine rings is 1. The van der Waals surface area contributed by atoms with Gasteiger partial charge in [0.15, 0.2) is 10.7 Å². The van der Waals surface area contributed by atoms with Crippen LogP contribution < -0.4 is 10.1 Å². The van der Waals surface area contributed by atoms with Crippen LogP contribution in [0.25, 0.3) is 12.2 Å². The summed E-state index contributed by atoms with van der Waals surface area (Å²) in [5, 5.41) is 6.60. The molecule has 1 aliphatic rings. The monoisotopic (exact) mass is 513 g/mol. The van der Waals surface area contributed by atoms with E-state index in [1.165, 1.54) is 10.4 Å². The molecule has 1 aliphatic heterocycles. The molecule has 0 spiro atoms. The highest BCUT2D eigenvalue weighted by Crippen LogP contribution is 2.30. The van der Waals surface area contributed by atoms with Gasteiger partial charge in [-0.15, -0.1) is 0 Å². The number of sulfonamides is 1. The minimum Gasteiger partial charge on any atom is -0.497 e. The Balaban J connectivity index is 1.43. The number of carbonyl (C=O) groups is 1. The van der Waals surface area contributed by atoms with Gasteiger partial charge in [-0.1, -0.05) is 29.4 Å². The number of ether oxygens (including phenoxy) is 1. The first-order chi connectivity index (χ1) is 17.2. The van der Waals surface area contributed by atoms with Crippen LogP contribution in [0.15, 0.2) is 51.9 Å². The van der Waals surface area contributed by atoms with Crippen molar-refractivity contribution in [3.8, 4) is 5.75 Å². The van der Waals surface area contributed by atoms with E-state index >= 15 is 0 Å². The Morgan fingerprint density at radius 2 is 1.83 bits per heavy atom. The fraction of sp³-hybridized carbons (Fsp3) is 0.308. The van der Waals surface area contributed by atoms with Gasteiger partial charge in [-0.05, 0) is 68.2 Å². The molecule has 0 saturated carbocycles. The van der Waals surface area contributed by atoms with Crippen LogP contribution in [0.4, 0.5) is 10.1 Å². The van der Waals surface area contributed by atoms with E-state index in [0.29, 0.717) is 29.8 Å². The van der Waals surface area contributed by atoms with E-state index in [2.05, 4.69) is 10.5 Å². The Bertz CT molecular complexity index is 1380. The second kappa shape index (κ2) is 10.6. The summed E-state index contributed by atoms with van der Waals surface area (Å²) in [4.78, 5) is 12.7. The molecule has 0 bridgehead atoms. The lowest BCUT2D eigenvalue weighted by molar-refractivity contribution is -0.120. The lowest BCUT2D eigenvalue weighted by Crippen LogP contribution is -2.41. The molecule has 1 amide bonds. The number of methoxy groups -OCH3 is 1. The maximum Gasteiger partial charge on any atom is 0.248 e. The summed E-state index contributed by atoms with van der Waals surface area (Å²) in [5.41, 5.74) is 1.99. The number of nitrogens with zero attached hydrogens (tertiary/aromatic N) is 2. The first kappa shape index (κ1) is 25.6. The molecule has 0 aliphatic carbocycles. The standard InChI is InChI=1S/C26H28FN3O5S/c1-17-4-8-21(16-23(17)27)28-26(31)20-12-14-30(15-13-20)36(32,33)25-18(2)29-35-24(25)11-7-19-5-9-22(34-3)10-6-19/h4-11,16,20H,12-15H2,1-3H3,(H,28,31)/b11-7-. The molecule has 3 aromatic rings. The average Bonchev–Trinajstić information content (AvgIpc) is 3.26. The number of amides is 1. The molecular weight excluding hydrogens is 485 g/mol. The smallest absolute Gasteiger partial charge is 0.248 e. The van der Waals surface area contributed by atoms with Gasteiger partial charge < -0.3 is 14.6 Å². The average molecular weight is 514 g/mol. The molecule has 2 heterocycles. The Labute approximate surface area is 209 Å². The fourth-order valence-corrected chi connectivity index (χ4v) is 5.81. The molecule has 1 aromatic heterocycles. The summed E-state index contributed by atoms with van der Waals surface area (Å²) >= 11 is 0. The molecule has 0 radical (unpaired) electrons. The van der Waals surface area contributed by atoms with Crippen LogP contribution in [0.5, 0.6) is 5.75 Å². The van der Waals surface area contributed by atoms with Crippen molar-refractivity contribution >= 4 is 33.8 Å². The third-order valence-corrected chi connectivity index (χ3v) is 8.30. The molecule has 4 rings (SSSR count). The predicted molar refractivity (Wildman–Crippen MR) is 134 cm³/mol. The summed E-state index contributed by atoms with van der Waals surface area (Å²) in [6, 6.07) is 11.8. The number of hydrogen-bond acceptors (Lipinski definition) is 6. The van der Waals surface area contributed by atoms with E-state index in [-0.39, 0.29) is 41.3 Å². The second-order valence-electron chi connectivity index (χ2n) is 8.70. The van der Waals surface area contributed by atoms with Gasteiger partial charge in [0, 0.05) is 24.7 Å². The lowest BCUT2D eigenvalue weighted by atomic mass is 9.97. The van der Waals surface area contributed by atoms with E-state index in [9.17, 15) is 17.6 Å². The molecular formula is C26H28FN3O5S. The van der Waals surface area contributed by atoms with Crippen LogP contribution in [0, 0.1) is 25.6 Å². The third-order valence-electron chi connectivity index (χ3n) is 6.24. The molecule has 190 valence electrons. The van der Waals surface area contributed by atoms with Crippen molar-refractivity contribution in [2.75, 3.05) is 25.5 Å².